The smallest absolute Gasteiger partial charge is 0.274 e. The quantitative estimate of drug-likeness (QED) is 0.523. The zero-order chi connectivity index (χ0) is 19.3. The van der Waals surface area contributed by atoms with Crippen LogP contribution in [-0.4, -0.2) is 20.9 Å². The summed E-state index contributed by atoms with van der Waals surface area (Å²) in [6.45, 7) is 0.491. The summed E-state index contributed by atoms with van der Waals surface area (Å²) in [7, 11) is 0. The Morgan fingerprint density at radius 3 is 2.71 bits per heavy atom. The maximum atomic E-state index is 12.7. The van der Waals surface area contributed by atoms with Crippen LogP contribution in [-0.2, 0) is 6.54 Å². The molecule has 0 saturated carbocycles. The van der Waals surface area contributed by atoms with Crippen molar-refractivity contribution in [2.24, 2.45) is 0 Å². The number of benzene rings is 2. The predicted molar refractivity (Wildman–Crippen MR) is 111 cm³/mol. The van der Waals surface area contributed by atoms with Crippen LogP contribution in [0.25, 0.3) is 10.9 Å². The van der Waals surface area contributed by atoms with Crippen molar-refractivity contribution in [3.8, 4) is 0 Å². The van der Waals surface area contributed by atoms with Crippen LogP contribution in [0.4, 0.5) is 11.5 Å². The highest BCUT2D eigenvalue weighted by atomic mass is 35.5. The first-order valence-corrected chi connectivity index (χ1v) is 9.03. The molecule has 2 N–H and O–H groups in total. The molecular weight excluding hydrogens is 374 g/mol. The van der Waals surface area contributed by atoms with E-state index in [-0.39, 0.29) is 11.6 Å². The Bertz CT molecular complexity index is 1140. The molecule has 0 aliphatic rings. The van der Waals surface area contributed by atoms with Gasteiger partial charge in [-0.3, -0.25) is 9.78 Å². The number of hydrogen-bond donors (Lipinski definition) is 2. The third-order valence-corrected chi connectivity index (χ3v) is 4.57. The fourth-order valence-corrected chi connectivity index (χ4v) is 3.00. The first kappa shape index (κ1) is 17.9. The van der Waals surface area contributed by atoms with Crippen LogP contribution in [0.15, 0.2) is 73.2 Å². The highest BCUT2D eigenvalue weighted by Gasteiger charge is 2.11. The van der Waals surface area contributed by atoms with E-state index >= 15 is 0 Å². The summed E-state index contributed by atoms with van der Waals surface area (Å²) in [6, 6.07) is 18.6. The minimum atomic E-state index is -0.332. The average Bonchev–Trinajstić information content (AvgIpc) is 2.74. The summed E-state index contributed by atoms with van der Waals surface area (Å²) in [5, 5.41) is 7.65. The van der Waals surface area contributed by atoms with Crippen molar-refractivity contribution in [3.63, 3.8) is 0 Å². The molecule has 28 heavy (non-hydrogen) atoms. The zero-order valence-electron chi connectivity index (χ0n) is 14.8. The van der Waals surface area contributed by atoms with E-state index in [2.05, 4.69) is 25.6 Å². The van der Waals surface area contributed by atoms with Crippen LogP contribution in [0.3, 0.4) is 0 Å². The Hall–Kier alpha value is -3.51. The van der Waals surface area contributed by atoms with Gasteiger partial charge in [-0.05, 0) is 23.8 Å². The number of carbonyl (C=O) groups excluding carboxylic acids is 1. The molecule has 4 rings (SSSR count). The van der Waals surface area contributed by atoms with Crippen molar-refractivity contribution in [1.29, 1.82) is 0 Å². The Morgan fingerprint density at radius 1 is 0.964 bits per heavy atom. The Labute approximate surface area is 166 Å². The van der Waals surface area contributed by atoms with E-state index < -0.39 is 0 Å². The van der Waals surface area contributed by atoms with Crippen molar-refractivity contribution < 1.29 is 4.79 Å². The molecule has 2 aromatic carbocycles. The van der Waals surface area contributed by atoms with E-state index in [0.29, 0.717) is 23.1 Å². The number of anilines is 2. The fraction of sp³-hybridized carbons (Fsp3) is 0.0476. The van der Waals surface area contributed by atoms with E-state index in [4.69, 9.17) is 11.6 Å². The number of nitrogens with one attached hydrogen (secondary N) is 2. The van der Waals surface area contributed by atoms with Gasteiger partial charge in [0.25, 0.3) is 5.91 Å². The standard InChI is InChI=1S/C21H16ClN5O/c22-16-8-2-1-5-15(16)12-24-19-11-18(25-13-26-19)21(28)27-17-9-3-6-14-7-4-10-23-20(14)17/h1-11,13H,12H2,(H,27,28)(H,24,25,26). The van der Waals surface area contributed by atoms with Crippen molar-refractivity contribution in [2.75, 3.05) is 10.6 Å². The van der Waals surface area contributed by atoms with Gasteiger partial charge < -0.3 is 10.6 Å². The van der Waals surface area contributed by atoms with Crippen molar-refractivity contribution >= 4 is 39.9 Å². The van der Waals surface area contributed by atoms with Gasteiger partial charge in [0.1, 0.15) is 17.8 Å². The van der Waals surface area contributed by atoms with Crippen LogP contribution >= 0.6 is 11.6 Å². The minimum absolute atomic E-state index is 0.254. The Balaban J connectivity index is 1.50. The van der Waals surface area contributed by atoms with Crippen LogP contribution in [0, 0.1) is 0 Å². The van der Waals surface area contributed by atoms with Gasteiger partial charge in [-0.1, -0.05) is 48.0 Å². The number of amides is 1. The number of aromatic nitrogens is 3. The number of rotatable bonds is 5. The lowest BCUT2D eigenvalue weighted by Gasteiger charge is -2.09. The summed E-state index contributed by atoms with van der Waals surface area (Å²) in [5.74, 6) is 0.206. The molecule has 0 radical (unpaired) electrons. The number of nitrogens with zero attached hydrogens (tertiary/aromatic N) is 3. The molecule has 0 aliphatic heterocycles. The summed E-state index contributed by atoms with van der Waals surface area (Å²) in [6.07, 6.45) is 3.05. The van der Waals surface area contributed by atoms with Crippen LogP contribution in [0.5, 0.6) is 0 Å². The van der Waals surface area contributed by atoms with E-state index in [1.165, 1.54) is 6.33 Å². The number of pyridine rings is 1. The molecule has 1 amide bonds. The molecule has 0 atom stereocenters. The maximum Gasteiger partial charge on any atom is 0.274 e. The van der Waals surface area contributed by atoms with Gasteiger partial charge in [0.2, 0.25) is 0 Å². The molecule has 7 heteroatoms. The molecule has 6 nitrogen and oxygen atoms in total. The second-order valence-corrected chi connectivity index (χ2v) is 6.48. The van der Waals surface area contributed by atoms with Gasteiger partial charge in [0.15, 0.2) is 0 Å². The zero-order valence-corrected chi connectivity index (χ0v) is 15.5. The normalized spacial score (nSPS) is 10.6. The Kier molecular flexibility index (Phi) is 5.12. The third-order valence-electron chi connectivity index (χ3n) is 4.20. The molecule has 0 saturated heterocycles. The highest BCUT2D eigenvalue weighted by molar-refractivity contribution is 6.31. The van der Waals surface area contributed by atoms with Gasteiger partial charge in [0, 0.05) is 29.2 Å². The molecule has 0 unspecified atom stereocenters. The molecule has 2 aromatic heterocycles. The van der Waals surface area contributed by atoms with E-state index in [9.17, 15) is 4.79 Å². The highest BCUT2D eigenvalue weighted by Crippen LogP contribution is 2.21. The lowest BCUT2D eigenvalue weighted by atomic mass is 10.2. The number of hydrogen-bond acceptors (Lipinski definition) is 5. The predicted octanol–water partition coefficient (Wildman–Crippen LogP) is 4.54. The second-order valence-electron chi connectivity index (χ2n) is 6.07. The van der Waals surface area contributed by atoms with Crippen molar-refractivity contribution in [2.45, 2.75) is 6.54 Å². The van der Waals surface area contributed by atoms with Gasteiger partial charge in [-0.15, -0.1) is 0 Å². The van der Waals surface area contributed by atoms with E-state index in [1.807, 2.05) is 54.6 Å². The van der Waals surface area contributed by atoms with Crippen LogP contribution < -0.4 is 10.6 Å². The Morgan fingerprint density at radius 2 is 1.82 bits per heavy atom. The molecule has 4 aromatic rings. The van der Waals surface area contributed by atoms with Crippen LogP contribution in [0.1, 0.15) is 16.1 Å². The van der Waals surface area contributed by atoms with Gasteiger partial charge >= 0.3 is 0 Å². The maximum absolute atomic E-state index is 12.7. The second kappa shape index (κ2) is 8.02. The van der Waals surface area contributed by atoms with Crippen molar-refractivity contribution in [1.82, 2.24) is 15.0 Å². The van der Waals surface area contributed by atoms with Crippen molar-refractivity contribution in [3.05, 3.63) is 89.5 Å². The summed E-state index contributed by atoms with van der Waals surface area (Å²) < 4.78 is 0. The fourth-order valence-electron chi connectivity index (χ4n) is 2.80. The molecule has 0 bridgehead atoms. The molecule has 0 fully saturated rings. The molecule has 2 heterocycles. The summed E-state index contributed by atoms with van der Waals surface area (Å²) in [4.78, 5) is 25.2. The third kappa shape index (κ3) is 3.92. The monoisotopic (exact) mass is 389 g/mol. The largest absolute Gasteiger partial charge is 0.366 e. The molecular formula is C21H16ClN5O. The first-order chi connectivity index (χ1) is 13.7. The van der Waals surface area contributed by atoms with Gasteiger partial charge in [0.05, 0.1) is 11.2 Å². The molecule has 0 aliphatic carbocycles. The average molecular weight is 390 g/mol. The summed E-state index contributed by atoms with van der Waals surface area (Å²) >= 11 is 6.17. The lowest BCUT2D eigenvalue weighted by molar-refractivity contribution is 0.102. The van der Waals surface area contributed by atoms with E-state index in [0.717, 1.165) is 16.5 Å². The lowest BCUT2D eigenvalue weighted by Crippen LogP contribution is -2.15. The van der Waals surface area contributed by atoms with Crippen LogP contribution in [0.2, 0.25) is 5.02 Å². The summed E-state index contributed by atoms with van der Waals surface area (Å²) in [5.41, 5.74) is 2.55. The van der Waals surface area contributed by atoms with E-state index in [1.54, 1.807) is 12.3 Å². The van der Waals surface area contributed by atoms with Gasteiger partial charge in [-0.2, -0.15) is 0 Å². The minimum Gasteiger partial charge on any atom is -0.366 e. The number of carbonyl (C=O) groups is 1. The SMILES string of the molecule is O=C(Nc1cccc2cccnc12)c1cc(NCc2ccccc2Cl)ncn1. The topological polar surface area (TPSA) is 79.8 Å². The number of para-hydroxylation sites is 1. The molecule has 138 valence electrons. The van der Waals surface area contributed by atoms with Gasteiger partial charge in [-0.25, -0.2) is 9.97 Å². The molecule has 0 spiro atoms. The first-order valence-electron chi connectivity index (χ1n) is 8.65. The number of halogens is 1. The number of fused-ring (bicyclic) bond motifs is 1.